The molecular weight excluding hydrogens is 290 g/mol. The first-order valence-electron chi connectivity index (χ1n) is 5.35. The Kier molecular flexibility index (Phi) is 4.08. The number of halogens is 3. The van der Waals surface area contributed by atoms with Crippen LogP contribution < -0.4 is 4.74 Å². The Morgan fingerprint density at radius 1 is 1.16 bits per heavy atom. The van der Waals surface area contributed by atoms with E-state index in [4.69, 9.17) is 27.9 Å². The molecule has 2 rings (SSSR count). The summed E-state index contributed by atoms with van der Waals surface area (Å²) < 4.78 is 18.6. The van der Waals surface area contributed by atoms with E-state index >= 15 is 0 Å². The average molecular weight is 299 g/mol. The van der Waals surface area contributed by atoms with Gasteiger partial charge in [-0.15, -0.1) is 0 Å². The molecule has 5 heteroatoms. The molecule has 19 heavy (non-hydrogen) atoms. The molecule has 0 heterocycles. The number of hydrogen-bond acceptors (Lipinski definition) is 2. The molecular formula is C14H9Cl2FO2. The van der Waals surface area contributed by atoms with Gasteiger partial charge < -0.3 is 4.74 Å². The highest BCUT2D eigenvalue weighted by molar-refractivity contribution is 6.36. The van der Waals surface area contributed by atoms with Gasteiger partial charge in [-0.3, -0.25) is 4.79 Å². The van der Waals surface area contributed by atoms with Gasteiger partial charge in [0.05, 0.1) is 22.7 Å². The molecule has 0 atom stereocenters. The lowest BCUT2D eigenvalue weighted by molar-refractivity contribution is 0.112. The molecule has 0 radical (unpaired) electrons. The topological polar surface area (TPSA) is 26.3 Å². The molecule has 0 amide bonds. The van der Waals surface area contributed by atoms with Crippen molar-refractivity contribution in [1.29, 1.82) is 0 Å². The second-order valence-corrected chi connectivity index (χ2v) is 4.64. The summed E-state index contributed by atoms with van der Waals surface area (Å²) in [6, 6.07) is 7.40. The lowest BCUT2D eigenvalue weighted by Gasteiger charge is -2.09. The molecule has 0 aliphatic carbocycles. The number of benzene rings is 2. The Balaban J connectivity index is 2.56. The number of rotatable bonds is 3. The van der Waals surface area contributed by atoms with E-state index in [-0.39, 0.29) is 5.56 Å². The van der Waals surface area contributed by atoms with Crippen LogP contribution in [0.3, 0.4) is 0 Å². The summed E-state index contributed by atoms with van der Waals surface area (Å²) in [6.07, 6.45) is 0.460. The molecule has 2 nitrogen and oxygen atoms in total. The highest BCUT2D eigenvalue weighted by Crippen LogP contribution is 2.36. The number of methoxy groups -OCH3 is 1. The summed E-state index contributed by atoms with van der Waals surface area (Å²) in [5.74, 6) is -0.157. The Labute approximate surface area is 119 Å². The molecule has 0 aliphatic rings. The SMILES string of the molecule is COc1cc(Cl)c(-c2ccc(C=O)c(F)c2)cc1Cl. The van der Waals surface area contributed by atoms with Gasteiger partial charge in [0.15, 0.2) is 6.29 Å². The third-order valence-electron chi connectivity index (χ3n) is 2.68. The van der Waals surface area contributed by atoms with Gasteiger partial charge in [0.1, 0.15) is 11.6 Å². The highest BCUT2D eigenvalue weighted by atomic mass is 35.5. The minimum Gasteiger partial charge on any atom is -0.495 e. The average Bonchev–Trinajstić information content (AvgIpc) is 2.40. The molecule has 0 spiro atoms. The molecule has 0 fully saturated rings. The maximum Gasteiger partial charge on any atom is 0.152 e. The first-order chi connectivity index (χ1) is 9.06. The summed E-state index contributed by atoms with van der Waals surface area (Å²) in [5.41, 5.74) is 1.11. The van der Waals surface area contributed by atoms with E-state index < -0.39 is 5.82 Å². The fourth-order valence-electron chi connectivity index (χ4n) is 1.70. The van der Waals surface area contributed by atoms with Crippen LogP contribution in [0.2, 0.25) is 10.0 Å². The van der Waals surface area contributed by atoms with Gasteiger partial charge in [-0.05, 0) is 23.8 Å². The van der Waals surface area contributed by atoms with Crippen molar-refractivity contribution in [3.63, 3.8) is 0 Å². The molecule has 0 unspecified atom stereocenters. The second kappa shape index (κ2) is 5.59. The van der Waals surface area contributed by atoms with Crippen molar-refractivity contribution in [3.8, 4) is 16.9 Å². The van der Waals surface area contributed by atoms with Crippen LogP contribution >= 0.6 is 23.2 Å². The molecule has 0 aliphatic heterocycles. The molecule has 98 valence electrons. The van der Waals surface area contributed by atoms with E-state index in [9.17, 15) is 9.18 Å². The maximum absolute atomic E-state index is 13.6. The van der Waals surface area contributed by atoms with Crippen LogP contribution in [-0.2, 0) is 0 Å². The van der Waals surface area contributed by atoms with Crippen molar-refractivity contribution in [1.82, 2.24) is 0 Å². The van der Waals surface area contributed by atoms with Gasteiger partial charge in [0.25, 0.3) is 0 Å². The molecule has 2 aromatic carbocycles. The van der Waals surface area contributed by atoms with E-state index in [1.54, 1.807) is 18.2 Å². The number of carbonyl (C=O) groups is 1. The fourth-order valence-corrected chi connectivity index (χ4v) is 2.20. The Hall–Kier alpha value is -1.58. The third kappa shape index (κ3) is 2.72. The maximum atomic E-state index is 13.6. The van der Waals surface area contributed by atoms with Crippen LogP contribution in [0, 0.1) is 5.82 Å². The number of ether oxygens (including phenoxy) is 1. The summed E-state index contributed by atoms with van der Waals surface area (Å²) in [6.45, 7) is 0. The van der Waals surface area contributed by atoms with Crippen molar-refractivity contribution in [2.75, 3.05) is 7.11 Å². The normalized spacial score (nSPS) is 10.3. The second-order valence-electron chi connectivity index (χ2n) is 3.82. The van der Waals surface area contributed by atoms with Crippen LogP contribution in [0.1, 0.15) is 10.4 Å². The monoisotopic (exact) mass is 298 g/mol. The molecule has 0 saturated heterocycles. The predicted molar refractivity (Wildman–Crippen MR) is 73.8 cm³/mol. The lowest BCUT2D eigenvalue weighted by atomic mass is 10.0. The first-order valence-corrected chi connectivity index (χ1v) is 6.10. The van der Waals surface area contributed by atoms with E-state index in [0.29, 0.717) is 33.2 Å². The zero-order valence-electron chi connectivity index (χ0n) is 9.91. The first kappa shape index (κ1) is 13.8. The van der Waals surface area contributed by atoms with Crippen LogP contribution in [-0.4, -0.2) is 13.4 Å². The summed E-state index contributed by atoms with van der Waals surface area (Å²) in [7, 11) is 1.48. The van der Waals surface area contributed by atoms with Gasteiger partial charge in [-0.1, -0.05) is 29.3 Å². The summed E-state index contributed by atoms with van der Waals surface area (Å²) in [4.78, 5) is 10.6. The van der Waals surface area contributed by atoms with E-state index in [1.165, 1.54) is 19.2 Å². The summed E-state index contributed by atoms with van der Waals surface area (Å²) in [5, 5.41) is 0.765. The van der Waals surface area contributed by atoms with Crippen LogP contribution in [0.25, 0.3) is 11.1 Å². The number of hydrogen-bond donors (Lipinski definition) is 0. The Morgan fingerprint density at radius 2 is 1.89 bits per heavy atom. The minimum absolute atomic E-state index is 0.000480. The van der Waals surface area contributed by atoms with E-state index in [0.717, 1.165) is 0 Å². The Morgan fingerprint density at radius 3 is 2.47 bits per heavy atom. The smallest absolute Gasteiger partial charge is 0.152 e. The van der Waals surface area contributed by atoms with Gasteiger partial charge in [0, 0.05) is 11.6 Å². The minimum atomic E-state index is -0.601. The van der Waals surface area contributed by atoms with Gasteiger partial charge in [-0.2, -0.15) is 0 Å². The standard InChI is InChI=1S/C14H9Cl2FO2/c1-19-14-6-11(15)10(5-12(14)16)8-2-3-9(7-18)13(17)4-8/h2-7H,1H3. The number of aldehydes is 1. The zero-order valence-corrected chi connectivity index (χ0v) is 11.4. The van der Waals surface area contributed by atoms with Crippen LogP contribution in [0.15, 0.2) is 30.3 Å². The largest absolute Gasteiger partial charge is 0.495 e. The van der Waals surface area contributed by atoms with Crippen molar-refractivity contribution in [3.05, 3.63) is 51.8 Å². The van der Waals surface area contributed by atoms with Crippen LogP contribution in [0.4, 0.5) is 4.39 Å². The van der Waals surface area contributed by atoms with Crippen molar-refractivity contribution in [2.45, 2.75) is 0 Å². The lowest BCUT2D eigenvalue weighted by Crippen LogP contribution is -1.90. The van der Waals surface area contributed by atoms with Crippen molar-refractivity contribution in [2.24, 2.45) is 0 Å². The fraction of sp³-hybridized carbons (Fsp3) is 0.0714. The van der Waals surface area contributed by atoms with Crippen molar-refractivity contribution < 1.29 is 13.9 Å². The molecule has 0 N–H and O–H groups in total. The van der Waals surface area contributed by atoms with Crippen molar-refractivity contribution >= 4 is 29.5 Å². The molecule has 0 bridgehead atoms. The predicted octanol–water partition coefficient (Wildman–Crippen LogP) is 4.62. The molecule has 0 aromatic heterocycles. The van der Waals surface area contributed by atoms with Gasteiger partial charge in [-0.25, -0.2) is 4.39 Å². The third-order valence-corrected chi connectivity index (χ3v) is 3.29. The molecule has 0 saturated carbocycles. The quantitative estimate of drug-likeness (QED) is 0.773. The number of carbonyl (C=O) groups excluding carboxylic acids is 1. The van der Waals surface area contributed by atoms with Gasteiger partial charge in [0.2, 0.25) is 0 Å². The Bertz CT molecular complexity index is 642. The highest BCUT2D eigenvalue weighted by Gasteiger charge is 2.11. The van der Waals surface area contributed by atoms with Gasteiger partial charge >= 0.3 is 0 Å². The van der Waals surface area contributed by atoms with E-state index in [1.807, 2.05) is 0 Å². The summed E-state index contributed by atoms with van der Waals surface area (Å²) >= 11 is 12.1. The molecule has 2 aromatic rings. The van der Waals surface area contributed by atoms with Crippen LogP contribution in [0.5, 0.6) is 5.75 Å². The van der Waals surface area contributed by atoms with E-state index in [2.05, 4.69) is 0 Å². The zero-order chi connectivity index (χ0) is 14.0.